The number of nitrogens with two attached hydrogens (primary N) is 1. The summed E-state index contributed by atoms with van der Waals surface area (Å²) in [5.41, 5.74) is 7.66. The maximum atomic E-state index is 14.5. The van der Waals surface area contributed by atoms with Crippen LogP contribution >= 0.6 is 0 Å². The van der Waals surface area contributed by atoms with Gasteiger partial charge in [0.15, 0.2) is 5.82 Å². The molecule has 3 aromatic rings. The van der Waals surface area contributed by atoms with Gasteiger partial charge < -0.3 is 16.4 Å². The van der Waals surface area contributed by atoms with Crippen LogP contribution in [0.2, 0.25) is 0 Å². The lowest BCUT2D eigenvalue weighted by molar-refractivity contribution is 0.410. The topological polar surface area (TPSA) is 75.9 Å². The van der Waals surface area contributed by atoms with E-state index in [4.69, 9.17) is 5.73 Å². The van der Waals surface area contributed by atoms with Gasteiger partial charge >= 0.3 is 0 Å². The molecule has 0 radical (unpaired) electrons. The van der Waals surface area contributed by atoms with E-state index < -0.39 is 5.82 Å². The van der Waals surface area contributed by atoms with Crippen molar-refractivity contribution in [2.45, 2.75) is 44.3 Å². The molecule has 0 amide bonds. The molecule has 0 aliphatic heterocycles. The lowest BCUT2D eigenvalue weighted by Gasteiger charge is -2.27. The van der Waals surface area contributed by atoms with Gasteiger partial charge in [0, 0.05) is 24.2 Å². The number of halogens is 2. The monoisotopic (exact) mass is 409 g/mol. The van der Waals surface area contributed by atoms with Gasteiger partial charge in [-0.25, -0.2) is 18.7 Å². The maximum absolute atomic E-state index is 14.5. The Bertz CT molecular complexity index is 1000. The standard InChI is InChI=1S/C23H25F2N5/c24-16-4-1-3-15(11-16)13-27-22-6-2-5-21(30-22)19-12-23(28-14-20(19)25)29-18-9-7-17(26)8-10-18/h1-6,11-12,14,17-18H,7-10,13,26H2,(H,27,30)(H,28,29)/t17-,18-. The number of nitrogens with zero attached hydrogens (tertiary/aromatic N) is 2. The van der Waals surface area contributed by atoms with Gasteiger partial charge in [-0.2, -0.15) is 0 Å². The third-order valence-corrected chi connectivity index (χ3v) is 5.37. The first-order valence-electron chi connectivity index (χ1n) is 10.2. The average Bonchev–Trinajstić information content (AvgIpc) is 2.75. The zero-order valence-electron chi connectivity index (χ0n) is 16.6. The molecule has 1 aliphatic rings. The van der Waals surface area contributed by atoms with Gasteiger partial charge in [-0.15, -0.1) is 0 Å². The Kier molecular flexibility index (Phi) is 6.18. The lowest BCUT2D eigenvalue weighted by atomic mass is 9.92. The summed E-state index contributed by atoms with van der Waals surface area (Å²) in [4.78, 5) is 8.71. The fourth-order valence-corrected chi connectivity index (χ4v) is 3.71. The molecule has 156 valence electrons. The molecule has 4 rings (SSSR count). The minimum Gasteiger partial charge on any atom is -0.367 e. The van der Waals surface area contributed by atoms with E-state index in [1.54, 1.807) is 24.3 Å². The Hall–Kier alpha value is -3.06. The van der Waals surface area contributed by atoms with Crippen molar-refractivity contribution in [3.63, 3.8) is 0 Å². The number of nitrogens with one attached hydrogen (secondary N) is 2. The van der Waals surface area contributed by atoms with Gasteiger partial charge in [0.1, 0.15) is 17.5 Å². The molecule has 0 bridgehead atoms. The fourth-order valence-electron chi connectivity index (χ4n) is 3.71. The highest BCUT2D eigenvalue weighted by Crippen LogP contribution is 2.26. The number of hydrogen-bond donors (Lipinski definition) is 3. The van der Waals surface area contributed by atoms with Gasteiger partial charge in [0.25, 0.3) is 0 Å². The van der Waals surface area contributed by atoms with Gasteiger partial charge in [-0.05, 0) is 61.6 Å². The van der Waals surface area contributed by atoms with Crippen molar-refractivity contribution < 1.29 is 8.78 Å². The molecule has 30 heavy (non-hydrogen) atoms. The summed E-state index contributed by atoms with van der Waals surface area (Å²) in [6.45, 7) is 0.420. The van der Waals surface area contributed by atoms with E-state index in [2.05, 4.69) is 20.6 Å². The van der Waals surface area contributed by atoms with E-state index >= 15 is 0 Å². The molecule has 0 spiro atoms. The van der Waals surface area contributed by atoms with Crippen LogP contribution in [-0.2, 0) is 6.54 Å². The van der Waals surface area contributed by atoms with Crippen LogP contribution in [0.3, 0.4) is 0 Å². The number of aromatic nitrogens is 2. The number of pyridine rings is 2. The van der Waals surface area contributed by atoms with E-state index in [1.165, 1.54) is 18.3 Å². The molecule has 1 aromatic carbocycles. The van der Waals surface area contributed by atoms with Crippen molar-refractivity contribution in [2.75, 3.05) is 10.6 Å². The first-order valence-corrected chi connectivity index (χ1v) is 10.2. The predicted molar refractivity (Wildman–Crippen MR) is 115 cm³/mol. The molecule has 4 N–H and O–H groups in total. The van der Waals surface area contributed by atoms with Crippen LogP contribution in [0.1, 0.15) is 31.2 Å². The van der Waals surface area contributed by atoms with Crippen LogP contribution < -0.4 is 16.4 Å². The third-order valence-electron chi connectivity index (χ3n) is 5.37. The Morgan fingerprint density at radius 1 is 0.967 bits per heavy atom. The largest absolute Gasteiger partial charge is 0.367 e. The summed E-state index contributed by atoms with van der Waals surface area (Å²) in [6.07, 6.45) is 5.14. The summed E-state index contributed by atoms with van der Waals surface area (Å²) < 4.78 is 27.8. The summed E-state index contributed by atoms with van der Waals surface area (Å²) in [5, 5.41) is 6.55. The molecule has 7 heteroatoms. The minimum atomic E-state index is -0.430. The molecule has 1 aliphatic carbocycles. The first-order chi connectivity index (χ1) is 14.6. The van der Waals surface area contributed by atoms with Crippen LogP contribution in [0.15, 0.2) is 54.7 Å². The van der Waals surface area contributed by atoms with Crippen molar-refractivity contribution in [1.29, 1.82) is 0 Å². The summed E-state index contributed by atoms with van der Waals surface area (Å²) in [6, 6.07) is 14.0. The Morgan fingerprint density at radius 3 is 2.57 bits per heavy atom. The van der Waals surface area contributed by atoms with Gasteiger partial charge in [-0.1, -0.05) is 18.2 Å². The highest BCUT2D eigenvalue weighted by Gasteiger charge is 2.19. The van der Waals surface area contributed by atoms with Crippen molar-refractivity contribution in [1.82, 2.24) is 9.97 Å². The van der Waals surface area contributed by atoms with E-state index in [0.29, 0.717) is 35.5 Å². The second kappa shape index (κ2) is 9.17. The van der Waals surface area contributed by atoms with Crippen LogP contribution in [0.5, 0.6) is 0 Å². The SMILES string of the molecule is N[C@H]1CC[C@H](Nc2cc(-c3cccc(NCc4cccc(F)c4)n3)c(F)cn2)CC1. The quantitative estimate of drug-likeness (QED) is 0.549. The molecule has 1 saturated carbocycles. The Balaban J connectivity index is 1.48. The van der Waals surface area contributed by atoms with Crippen LogP contribution in [0.4, 0.5) is 20.4 Å². The summed E-state index contributed by atoms with van der Waals surface area (Å²) in [5.74, 6) is 0.506. The van der Waals surface area contributed by atoms with Gasteiger partial charge in [0.05, 0.1) is 11.9 Å². The van der Waals surface area contributed by atoms with Gasteiger partial charge in [0.2, 0.25) is 0 Å². The molecular formula is C23H25F2N5. The van der Waals surface area contributed by atoms with Crippen LogP contribution in [0, 0.1) is 11.6 Å². The molecular weight excluding hydrogens is 384 g/mol. The van der Waals surface area contributed by atoms with Gasteiger partial charge in [-0.3, -0.25) is 0 Å². The van der Waals surface area contributed by atoms with Crippen molar-refractivity contribution in [3.05, 3.63) is 71.9 Å². The highest BCUT2D eigenvalue weighted by atomic mass is 19.1. The Labute approximate surface area is 174 Å². The van der Waals surface area contributed by atoms with E-state index in [9.17, 15) is 8.78 Å². The lowest BCUT2D eigenvalue weighted by Crippen LogP contribution is -2.33. The number of benzene rings is 1. The number of anilines is 2. The zero-order chi connectivity index (χ0) is 20.9. The van der Waals surface area contributed by atoms with E-state index in [0.717, 1.165) is 31.2 Å². The average molecular weight is 409 g/mol. The molecule has 0 atom stereocenters. The molecule has 2 heterocycles. The maximum Gasteiger partial charge on any atom is 0.151 e. The minimum absolute atomic E-state index is 0.270. The van der Waals surface area contributed by atoms with E-state index in [1.807, 2.05) is 12.1 Å². The number of rotatable bonds is 6. The summed E-state index contributed by atoms with van der Waals surface area (Å²) in [7, 11) is 0. The second-order valence-corrected chi connectivity index (χ2v) is 7.70. The number of hydrogen-bond acceptors (Lipinski definition) is 5. The first kappa shape index (κ1) is 20.2. The molecule has 0 saturated heterocycles. The summed E-state index contributed by atoms with van der Waals surface area (Å²) >= 11 is 0. The molecule has 2 aromatic heterocycles. The fraction of sp³-hybridized carbons (Fsp3) is 0.304. The smallest absolute Gasteiger partial charge is 0.151 e. The third kappa shape index (κ3) is 5.10. The highest BCUT2D eigenvalue weighted by molar-refractivity contribution is 5.65. The Morgan fingerprint density at radius 2 is 1.77 bits per heavy atom. The predicted octanol–water partition coefficient (Wildman–Crippen LogP) is 4.72. The van der Waals surface area contributed by atoms with Crippen LogP contribution in [0.25, 0.3) is 11.3 Å². The van der Waals surface area contributed by atoms with Crippen molar-refractivity contribution >= 4 is 11.6 Å². The van der Waals surface area contributed by atoms with Crippen LogP contribution in [-0.4, -0.2) is 22.1 Å². The molecule has 1 fully saturated rings. The normalized spacial score (nSPS) is 18.8. The zero-order valence-corrected chi connectivity index (χ0v) is 16.6. The van der Waals surface area contributed by atoms with Crippen molar-refractivity contribution in [3.8, 4) is 11.3 Å². The van der Waals surface area contributed by atoms with E-state index in [-0.39, 0.29) is 11.9 Å². The second-order valence-electron chi connectivity index (χ2n) is 7.70. The molecule has 5 nitrogen and oxygen atoms in total. The van der Waals surface area contributed by atoms with Crippen molar-refractivity contribution in [2.24, 2.45) is 5.73 Å². The molecule has 0 unspecified atom stereocenters.